The predicted octanol–water partition coefficient (Wildman–Crippen LogP) is 4.56. The maximum atomic E-state index is 13.5. The molecule has 0 spiro atoms. The molecule has 29 heavy (non-hydrogen) atoms. The van der Waals surface area contributed by atoms with Gasteiger partial charge in [0.15, 0.2) is 0 Å². The van der Waals surface area contributed by atoms with Gasteiger partial charge in [0.1, 0.15) is 12.3 Å². The number of carbonyl (C=O) groups excluding carboxylic acids is 1. The molecule has 1 amide bonds. The summed E-state index contributed by atoms with van der Waals surface area (Å²) in [5, 5.41) is 0.992. The summed E-state index contributed by atoms with van der Waals surface area (Å²) in [6.07, 6.45) is 5.36. The Kier molecular flexibility index (Phi) is 6.99. The lowest BCUT2D eigenvalue weighted by molar-refractivity contribution is -0.132. The highest BCUT2D eigenvalue weighted by atomic mass is 16.5. The van der Waals surface area contributed by atoms with E-state index in [1.54, 1.807) is 11.7 Å². The lowest BCUT2D eigenvalue weighted by Crippen LogP contribution is -2.39. The first-order chi connectivity index (χ1) is 13.9. The van der Waals surface area contributed by atoms with E-state index in [0.717, 1.165) is 42.3 Å². The van der Waals surface area contributed by atoms with E-state index in [-0.39, 0.29) is 18.0 Å². The molecule has 5 heteroatoms. The third kappa shape index (κ3) is 4.82. The average molecular weight is 399 g/mol. The molecule has 158 valence electrons. The molecule has 0 atom stereocenters. The zero-order valence-corrected chi connectivity index (χ0v) is 18.2. The van der Waals surface area contributed by atoms with Crippen LogP contribution in [0.15, 0.2) is 29.1 Å². The van der Waals surface area contributed by atoms with E-state index in [1.165, 1.54) is 12.8 Å². The van der Waals surface area contributed by atoms with Gasteiger partial charge < -0.3 is 9.64 Å². The van der Waals surface area contributed by atoms with Crippen LogP contribution >= 0.6 is 0 Å². The Morgan fingerprint density at radius 3 is 2.59 bits per heavy atom. The highest BCUT2D eigenvalue weighted by molar-refractivity contribution is 5.84. The van der Waals surface area contributed by atoms with Crippen molar-refractivity contribution in [2.75, 3.05) is 20.2 Å². The molecule has 0 bridgehead atoms. The van der Waals surface area contributed by atoms with Crippen LogP contribution in [0.25, 0.3) is 10.9 Å². The highest BCUT2D eigenvalue weighted by Gasteiger charge is 2.24. The van der Waals surface area contributed by atoms with Crippen LogP contribution in [0.2, 0.25) is 0 Å². The second kappa shape index (κ2) is 9.47. The maximum absolute atomic E-state index is 13.5. The number of hydrogen-bond donors (Lipinski definition) is 0. The van der Waals surface area contributed by atoms with E-state index in [4.69, 9.17) is 4.74 Å². The van der Waals surface area contributed by atoms with E-state index >= 15 is 0 Å². The SMILES string of the molecule is CCCN(CC(C)C)C(=O)Cn1c(=O)c(C2CCCC2)cc2ccc(OC)cc21. The van der Waals surface area contributed by atoms with Crippen molar-refractivity contribution >= 4 is 16.8 Å². The van der Waals surface area contributed by atoms with E-state index in [9.17, 15) is 9.59 Å². The van der Waals surface area contributed by atoms with Crippen LogP contribution in [0.3, 0.4) is 0 Å². The van der Waals surface area contributed by atoms with Gasteiger partial charge in [-0.15, -0.1) is 0 Å². The number of hydrogen-bond acceptors (Lipinski definition) is 3. The minimum atomic E-state index is -0.0213. The normalized spacial score (nSPS) is 14.7. The van der Waals surface area contributed by atoms with Gasteiger partial charge in [0.25, 0.3) is 5.56 Å². The fourth-order valence-electron chi connectivity index (χ4n) is 4.45. The summed E-state index contributed by atoms with van der Waals surface area (Å²) < 4.78 is 7.06. The molecule has 1 aromatic carbocycles. The molecule has 0 aliphatic heterocycles. The Bertz CT molecular complexity index is 910. The topological polar surface area (TPSA) is 51.5 Å². The number of ether oxygens (including phenoxy) is 1. The van der Waals surface area contributed by atoms with Gasteiger partial charge in [-0.3, -0.25) is 14.2 Å². The van der Waals surface area contributed by atoms with Gasteiger partial charge in [0, 0.05) is 24.7 Å². The van der Waals surface area contributed by atoms with Crippen LogP contribution in [-0.2, 0) is 11.3 Å². The predicted molar refractivity (Wildman–Crippen MR) is 118 cm³/mol. The molecule has 0 unspecified atom stereocenters. The first kappa shape index (κ1) is 21.4. The third-order valence-electron chi connectivity index (χ3n) is 5.85. The van der Waals surface area contributed by atoms with Crippen LogP contribution in [0.1, 0.15) is 64.4 Å². The summed E-state index contributed by atoms with van der Waals surface area (Å²) in [7, 11) is 1.62. The number of methoxy groups -OCH3 is 1. The fourth-order valence-corrected chi connectivity index (χ4v) is 4.45. The van der Waals surface area contributed by atoms with E-state index in [0.29, 0.717) is 24.1 Å². The van der Waals surface area contributed by atoms with E-state index in [1.807, 2.05) is 29.2 Å². The first-order valence-corrected chi connectivity index (χ1v) is 10.9. The number of amides is 1. The van der Waals surface area contributed by atoms with Crippen molar-refractivity contribution in [2.24, 2.45) is 5.92 Å². The Hall–Kier alpha value is -2.30. The molecule has 1 saturated carbocycles. The van der Waals surface area contributed by atoms with Crippen molar-refractivity contribution in [2.45, 2.75) is 65.3 Å². The summed E-state index contributed by atoms with van der Waals surface area (Å²) in [5.74, 6) is 1.40. The molecule has 1 aliphatic rings. The molecule has 1 aliphatic carbocycles. The largest absolute Gasteiger partial charge is 0.497 e. The summed E-state index contributed by atoms with van der Waals surface area (Å²) in [6.45, 7) is 7.82. The van der Waals surface area contributed by atoms with Crippen LogP contribution in [0.5, 0.6) is 5.75 Å². The van der Waals surface area contributed by atoms with Crippen LogP contribution in [-0.4, -0.2) is 35.6 Å². The Balaban J connectivity index is 2.06. The zero-order chi connectivity index (χ0) is 21.0. The van der Waals surface area contributed by atoms with Crippen molar-refractivity contribution in [3.63, 3.8) is 0 Å². The zero-order valence-electron chi connectivity index (χ0n) is 18.2. The third-order valence-corrected chi connectivity index (χ3v) is 5.85. The molecular weight excluding hydrogens is 364 g/mol. The minimum absolute atomic E-state index is 0.00958. The monoisotopic (exact) mass is 398 g/mol. The number of pyridine rings is 1. The van der Waals surface area contributed by atoms with E-state index in [2.05, 4.69) is 20.8 Å². The van der Waals surface area contributed by atoms with Crippen molar-refractivity contribution in [3.8, 4) is 5.75 Å². The molecule has 0 N–H and O–H groups in total. The number of nitrogens with zero attached hydrogens (tertiary/aromatic N) is 2. The van der Waals surface area contributed by atoms with Crippen molar-refractivity contribution < 1.29 is 9.53 Å². The second-order valence-corrected chi connectivity index (χ2v) is 8.63. The van der Waals surface area contributed by atoms with Gasteiger partial charge in [0.05, 0.1) is 12.6 Å². The average Bonchev–Trinajstić information content (AvgIpc) is 3.23. The van der Waals surface area contributed by atoms with Crippen LogP contribution < -0.4 is 10.3 Å². The van der Waals surface area contributed by atoms with Gasteiger partial charge >= 0.3 is 0 Å². The van der Waals surface area contributed by atoms with Gasteiger partial charge in [-0.2, -0.15) is 0 Å². The lowest BCUT2D eigenvalue weighted by atomic mass is 9.97. The van der Waals surface area contributed by atoms with E-state index < -0.39 is 0 Å². The summed E-state index contributed by atoms with van der Waals surface area (Å²) in [5.41, 5.74) is 1.61. The summed E-state index contributed by atoms with van der Waals surface area (Å²) in [4.78, 5) is 28.5. The standard InChI is InChI=1S/C24H34N2O3/c1-5-12-25(15-17(2)3)23(27)16-26-22-14-20(29-4)11-10-19(22)13-21(24(26)28)18-8-6-7-9-18/h10-11,13-14,17-18H,5-9,12,15-16H2,1-4H3. The number of rotatable bonds is 8. The van der Waals surface area contributed by atoms with Crippen LogP contribution in [0.4, 0.5) is 0 Å². The van der Waals surface area contributed by atoms with Crippen LogP contribution in [0, 0.1) is 5.92 Å². The van der Waals surface area contributed by atoms with Gasteiger partial charge in [0.2, 0.25) is 5.91 Å². The van der Waals surface area contributed by atoms with Gasteiger partial charge in [-0.1, -0.05) is 33.6 Å². The number of carbonyl (C=O) groups is 1. The number of benzene rings is 1. The first-order valence-electron chi connectivity index (χ1n) is 10.9. The van der Waals surface area contributed by atoms with Crippen molar-refractivity contribution in [1.29, 1.82) is 0 Å². The molecule has 3 rings (SSSR count). The minimum Gasteiger partial charge on any atom is -0.497 e. The molecule has 0 saturated heterocycles. The number of aromatic nitrogens is 1. The molecule has 2 aromatic rings. The molecule has 5 nitrogen and oxygen atoms in total. The molecule has 0 radical (unpaired) electrons. The molecule has 1 aromatic heterocycles. The number of fused-ring (bicyclic) bond motifs is 1. The second-order valence-electron chi connectivity index (χ2n) is 8.63. The Morgan fingerprint density at radius 2 is 1.97 bits per heavy atom. The Labute approximate surface area is 173 Å². The quantitative estimate of drug-likeness (QED) is 0.655. The van der Waals surface area contributed by atoms with Gasteiger partial charge in [-0.05, 0) is 54.7 Å². The summed E-state index contributed by atoms with van der Waals surface area (Å²) in [6, 6.07) is 7.81. The highest BCUT2D eigenvalue weighted by Crippen LogP contribution is 2.34. The molecule has 1 heterocycles. The Morgan fingerprint density at radius 1 is 1.24 bits per heavy atom. The summed E-state index contributed by atoms with van der Waals surface area (Å²) >= 11 is 0. The lowest BCUT2D eigenvalue weighted by Gasteiger charge is -2.25. The van der Waals surface area contributed by atoms with Crippen molar-refractivity contribution in [1.82, 2.24) is 9.47 Å². The van der Waals surface area contributed by atoms with Crippen molar-refractivity contribution in [3.05, 3.63) is 40.2 Å². The smallest absolute Gasteiger partial charge is 0.255 e. The maximum Gasteiger partial charge on any atom is 0.255 e. The fraction of sp³-hybridized carbons (Fsp3) is 0.583. The molecule has 1 fully saturated rings. The van der Waals surface area contributed by atoms with Gasteiger partial charge in [-0.25, -0.2) is 0 Å². The molecular formula is C24H34N2O3.